The number of pyridine rings is 1. The van der Waals surface area contributed by atoms with Crippen LogP contribution >= 0.6 is 0 Å². The van der Waals surface area contributed by atoms with Gasteiger partial charge in [0.05, 0.1) is 49.5 Å². The van der Waals surface area contributed by atoms with Crippen LogP contribution in [0.25, 0.3) is 21.9 Å². The first-order valence-corrected chi connectivity index (χ1v) is 16.9. The molecule has 0 amide bonds. The van der Waals surface area contributed by atoms with Crippen molar-refractivity contribution in [3.05, 3.63) is 101 Å². The molecular formula is C35H36N2O9S. The highest BCUT2D eigenvalue weighted by molar-refractivity contribution is 7.93. The van der Waals surface area contributed by atoms with E-state index in [1.165, 1.54) is 6.07 Å². The minimum absolute atomic E-state index is 0.0618. The summed E-state index contributed by atoms with van der Waals surface area (Å²) in [6, 6.07) is 20.4. The highest BCUT2D eigenvalue weighted by atomic mass is 32.2. The Morgan fingerprint density at radius 2 is 1.68 bits per heavy atom. The molecular weight excluding hydrogens is 624 g/mol. The van der Waals surface area contributed by atoms with Gasteiger partial charge in [0.25, 0.3) is 10.0 Å². The fourth-order valence-corrected chi connectivity index (χ4v) is 6.86. The van der Waals surface area contributed by atoms with Gasteiger partial charge in [0, 0.05) is 36.4 Å². The van der Waals surface area contributed by atoms with Gasteiger partial charge in [-0.05, 0) is 60.7 Å². The normalized spacial score (nSPS) is 14.0. The molecule has 0 bridgehead atoms. The average Bonchev–Trinajstić information content (AvgIpc) is 3.91. The molecule has 2 heterocycles. The van der Waals surface area contributed by atoms with E-state index in [2.05, 4.69) is 9.71 Å². The van der Waals surface area contributed by atoms with Crippen LogP contribution in [0.3, 0.4) is 0 Å². The van der Waals surface area contributed by atoms with Crippen molar-refractivity contribution in [3.63, 3.8) is 0 Å². The molecule has 11 nitrogen and oxygen atoms in total. The molecule has 0 radical (unpaired) electrons. The predicted molar refractivity (Wildman–Crippen MR) is 177 cm³/mol. The number of nitrogens with one attached hydrogen (secondary N) is 1. The van der Waals surface area contributed by atoms with Gasteiger partial charge in [-0.2, -0.15) is 0 Å². The Kier molecular flexibility index (Phi) is 10.0. The molecule has 1 aliphatic rings. The summed E-state index contributed by atoms with van der Waals surface area (Å²) in [5, 5.41) is 12.5. The maximum absolute atomic E-state index is 13.5. The van der Waals surface area contributed by atoms with E-state index in [9.17, 15) is 18.3 Å². The highest BCUT2D eigenvalue weighted by Gasteiger charge is 2.38. The third kappa shape index (κ3) is 7.57. The zero-order valence-corrected chi connectivity index (χ0v) is 26.7. The van der Waals surface area contributed by atoms with Crippen molar-refractivity contribution < 1.29 is 36.9 Å². The summed E-state index contributed by atoms with van der Waals surface area (Å²) in [6.07, 6.45) is 3.26. The lowest BCUT2D eigenvalue weighted by Crippen LogP contribution is -2.17. The zero-order chi connectivity index (χ0) is 32.8. The quantitative estimate of drug-likeness (QED) is 0.104. The fraction of sp³-hybridized carbons (Fsp3) is 0.314. The van der Waals surface area contributed by atoms with Crippen LogP contribution in [0.4, 0.5) is 5.69 Å². The molecule has 3 aromatic carbocycles. The molecule has 2 N–H and O–H groups in total. The van der Waals surface area contributed by atoms with Crippen LogP contribution in [0, 0.1) is 5.92 Å². The fourth-order valence-electron chi connectivity index (χ4n) is 5.63. The number of ether oxygens (including phenoxy) is 4. The minimum Gasteiger partial charge on any atom is -0.507 e. The van der Waals surface area contributed by atoms with Gasteiger partial charge in [-0.1, -0.05) is 30.3 Å². The Balaban J connectivity index is 1.20. The summed E-state index contributed by atoms with van der Waals surface area (Å²) in [6.45, 7) is 2.54. The summed E-state index contributed by atoms with van der Waals surface area (Å²) in [7, 11) is -2.37. The van der Waals surface area contributed by atoms with Crippen LogP contribution in [-0.4, -0.2) is 65.3 Å². The summed E-state index contributed by atoms with van der Waals surface area (Å²) in [4.78, 5) is 17.8. The van der Waals surface area contributed by atoms with Crippen molar-refractivity contribution >= 4 is 37.6 Å². The van der Waals surface area contributed by atoms with Crippen molar-refractivity contribution in [1.29, 1.82) is 0 Å². The van der Waals surface area contributed by atoms with Gasteiger partial charge in [-0.25, -0.2) is 13.2 Å². The molecule has 1 unspecified atom stereocenters. The lowest BCUT2D eigenvalue weighted by Gasteiger charge is -2.19. The minimum atomic E-state index is -3.99. The first-order valence-electron chi connectivity index (χ1n) is 15.4. The van der Waals surface area contributed by atoms with Crippen molar-refractivity contribution in [2.45, 2.75) is 23.7 Å². The van der Waals surface area contributed by atoms with Crippen LogP contribution < -0.4 is 15.1 Å². The summed E-state index contributed by atoms with van der Waals surface area (Å²) in [5.41, 5.74) is 1.07. The third-order valence-corrected chi connectivity index (χ3v) is 9.39. The first kappa shape index (κ1) is 32.5. The number of hydrogen-bond donors (Lipinski definition) is 2. The maximum Gasteiger partial charge on any atom is 0.343 e. The van der Waals surface area contributed by atoms with Gasteiger partial charge in [-0.15, -0.1) is 0 Å². The van der Waals surface area contributed by atoms with E-state index >= 15 is 0 Å². The first-order chi connectivity index (χ1) is 22.9. The van der Waals surface area contributed by atoms with Crippen LogP contribution in [-0.2, 0) is 24.2 Å². The number of aromatic hydroxyl groups is 1. The van der Waals surface area contributed by atoms with Crippen LogP contribution in [0.1, 0.15) is 29.9 Å². The van der Waals surface area contributed by atoms with Gasteiger partial charge < -0.3 is 28.5 Å². The maximum atomic E-state index is 13.5. The smallest absolute Gasteiger partial charge is 0.343 e. The van der Waals surface area contributed by atoms with E-state index in [0.717, 1.165) is 12.8 Å². The molecule has 246 valence electrons. The number of nitrogens with zero attached hydrogens (tertiary/aromatic N) is 1. The average molecular weight is 661 g/mol. The van der Waals surface area contributed by atoms with Gasteiger partial charge in [0.2, 0.25) is 0 Å². The lowest BCUT2D eigenvalue weighted by atomic mass is 9.86. The molecule has 47 heavy (non-hydrogen) atoms. The standard InChI is InChI=1S/C35H36N2O9S/c1-42-15-16-43-17-18-44-19-20-45-27-12-13-28-29(22-27)46-35(39)32(34(28)38)31(23-10-11-23)25-6-2-8-26(21-25)37-47(40,41)30-9-3-5-24-7-4-14-36-33(24)30/h2-9,12-14,21-23,31,37-38H,10-11,15-20H2,1H3. The monoisotopic (exact) mass is 660 g/mol. The number of anilines is 1. The van der Waals surface area contributed by atoms with E-state index < -0.39 is 21.6 Å². The topological polar surface area (TPSA) is 146 Å². The number of hydrogen-bond acceptors (Lipinski definition) is 10. The summed E-state index contributed by atoms with van der Waals surface area (Å²) in [5.74, 6) is -0.105. The Hall–Kier alpha value is -4.49. The number of sulfonamides is 1. The molecule has 0 spiro atoms. The Labute approximate surface area is 272 Å². The van der Waals surface area contributed by atoms with Crippen molar-refractivity contribution in [2.75, 3.05) is 51.5 Å². The van der Waals surface area contributed by atoms with E-state index in [4.69, 9.17) is 23.4 Å². The SMILES string of the molecule is COCCOCCOCCOc1ccc2c(O)c(C(c3cccc(NS(=O)(=O)c4cccc5cccnc45)c3)C3CC3)c(=O)oc2c1. The molecule has 1 fully saturated rings. The van der Waals surface area contributed by atoms with Gasteiger partial charge in [0.15, 0.2) is 0 Å². The second-order valence-corrected chi connectivity index (χ2v) is 12.9. The largest absolute Gasteiger partial charge is 0.507 e. The summed E-state index contributed by atoms with van der Waals surface area (Å²) < 4.78 is 56.9. The number of aromatic nitrogens is 1. The number of methoxy groups -OCH3 is 1. The number of benzene rings is 3. The van der Waals surface area contributed by atoms with Gasteiger partial charge >= 0.3 is 5.63 Å². The van der Waals surface area contributed by atoms with Gasteiger partial charge in [0.1, 0.15) is 28.6 Å². The van der Waals surface area contributed by atoms with Crippen LogP contribution in [0.15, 0.2) is 93.1 Å². The molecule has 1 atom stereocenters. The van der Waals surface area contributed by atoms with Gasteiger partial charge in [-0.3, -0.25) is 9.71 Å². The molecule has 5 aromatic rings. The molecule has 12 heteroatoms. The van der Waals surface area contributed by atoms with E-state index in [1.807, 2.05) is 6.07 Å². The van der Waals surface area contributed by atoms with Crippen molar-refractivity contribution in [3.8, 4) is 11.5 Å². The van der Waals surface area contributed by atoms with E-state index in [1.54, 1.807) is 74.0 Å². The number of fused-ring (bicyclic) bond motifs is 2. The van der Waals surface area contributed by atoms with Crippen LogP contribution in [0.2, 0.25) is 0 Å². The Morgan fingerprint density at radius 3 is 2.47 bits per heavy atom. The highest BCUT2D eigenvalue weighted by Crippen LogP contribution is 2.49. The number of para-hydroxylation sites is 1. The molecule has 1 aliphatic carbocycles. The molecule has 0 saturated heterocycles. The molecule has 6 rings (SSSR count). The second-order valence-electron chi connectivity index (χ2n) is 11.3. The third-order valence-electron chi connectivity index (χ3n) is 7.97. The molecule has 2 aromatic heterocycles. The van der Waals surface area contributed by atoms with Crippen molar-refractivity contribution in [1.82, 2.24) is 4.98 Å². The predicted octanol–water partition coefficient (Wildman–Crippen LogP) is 5.45. The molecule has 1 saturated carbocycles. The van der Waals surface area contributed by atoms with E-state index in [-0.39, 0.29) is 34.3 Å². The second kappa shape index (κ2) is 14.5. The zero-order valence-electron chi connectivity index (χ0n) is 25.9. The van der Waals surface area contributed by atoms with E-state index in [0.29, 0.717) is 66.3 Å². The lowest BCUT2D eigenvalue weighted by molar-refractivity contribution is 0.0180. The Bertz CT molecular complexity index is 2020. The van der Waals surface area contributed by atoms with Crippen LogP contribution in [0.5, 0.6) is 11.5 Å². The summed E-state index contributed by atoms with van der Waals surface area (Å²) >= 11 is 0. The number of rotatable bonds is 16. The Morgan fingerprint density at radius 1 is 0.936 bits per heavy atom. The molecule has 0 aliphatic heterocycles. The van der Waals surface area contributed by atoms with Crippen molar-refractivity contribution in [2.24, 2.45) is 5.92 Å².